The number of aromatic nitrogens is 2. The lowest BCUT2D eigenvalue weighted by Gasteiger charge is -2.34. The van der Waals surface area contributed by atoms with Crippen molar-refractivity contribution in [3.63, 3.8) is 0 Å². The number of carbonyl (C=O) groups is 2. The van der Waals surface area contributed by atoms with Gasteiger partial charge in [-0.1, -0.05) is 42.0 Å². The van der Waals surface area contributed by atoms with Crippen molar-refractivity contribution in [1.82, 2.24) is 15.1 Å². The van der Waals surface area contributed by atoms with Gasteiger partial charge in [0.05, 0.1) is 5.92 Å². The topological polar surface area (TPSA) is 95.4 Å². The van der Waals surface area contributed by atoms with Gasteiger partial charge in [-0.3, -0.25) is 10.1 Å². The predicted octanol–water partition coefficient (Wildman–Crippen LogP) is 3.43. The molecule has 0 saturated carbocycles. The van der Waals surface area contributed by atoms with Crippen LogP contribution in [0.25, 0.3) is 10.6 Å². The molecule has 2 unspecified atom stereocenters. The molecule has 1 aliphatic heterocycles. The molecule has 2 atom stereocenters. The van der Waals surface area contributed by atoms with Gasteiger partial charge in [0.1, 0.15) is 5.01 Å². The summed E-state index contributed by atoms with van der Waals surface area (Å²) in [6.45, 7) is 2.67. The highest BCUT2D eigenvalue weighted by Crippen LogP contribution is 2.29. The van der Waals surface area contributed by atoms with E-state index in [9.17, 15) is 14.7 Å². The van der Waals surface area contributed by atoms with Gasteiger partial charge in [0.2, 0.25) is 5.13 Å². The number of carboxylic acid groups (broad SMARTS) is 1. The molecular weight excluding hydrogens is 364 g/mol. The Labute approximate surface area is 153 Å². The van der Waals surface area contributed by atoms with Crippen LogP contribution in [0.5, 0.6) is 0 Å². The van der Waals surface area contributed by atoms with E-state index in [-0.39, 0.29) is 18.5 Å². The number of urea groups is 1. The first kappa shape index (κ1) is 17.6. The van der Waals surface area contributed by atoms with Crippen molar-refractivity contribution >= 4 is 40.1 Å². The average Bonchev–Trinajstić information content (AvgIpc) is 3.02. The first-order valence-electron chi connectivity index (χ1n) is 7.80. The van der Waals surface area contributed by atoms with Crippen molar-refractivity contribution in [2.75, 3.05) is 18.4 Å². The lowest BCUT2D eigenvalue weighted by atomic mass is 9.91. The third-order valence-corrected chi connectivity index (χ3v) is 5.13. The second-order valence-corrected chi connectivity index (χ2v) is 7.55. The van der Waals surface area contributed by atoms with Crippen molar-refractivity contribution in [2.45, 2.75) is 13.3 Å². The summed E-state index contributed by atoms with van der Waals surface area (Å²) in [6, 6.07) is 6.87. The van der Waals surface area contributed by atoms with Gasteiger partial charge < -0.3 is 10.0 Å². The summed E-state index contributed by atoms with van der Waals surface area (Å²) in [4.78, 5) is 25.2. The van der Waals surface area contributed by atoms with Gasteiger partial charge in [-0.15, -0.1) is 10.2 Å². The number of halogens is 1. The maximum absolute atomic E-state index is 12.4. The summed E-state index contributed by atoms with van der Waals surface area (Å²) in [6.07, 6.45) is 0.580. The maximum Gasteiger partial charge on any atom is 0.323 e. The number of nitrogens with one attached hydrogen (secondary N) is 1. The number of nitrogens with zero attached hydrogens (tertiary/aromatic N) is 3. The molecule has 9 heteroatoms. The molecule has 3 rings (SSSR count). The second kappa shape index (κ2) is 7.37. The van der Waals surface area contributed by atoms with Gasteiger partial charge in [-0.05, 0) is 24.5 Å². The minimum Gasteiger partial charge on any atom is -0.481 e. The summed E-state index contributed by atoms with van der Waals surface area (Å²) < 4.78 is 0. The predicted molar refractivity (Wildman–Crippen MR) is 95.9 cm³/mol. The third-order valence-electron chi connectivity index (χ3n) is 4.01. The molecule has 2 aromatic rings. The summed E-state index contributed by atoms with van der Waals surface area (Å²) in [5.41, 5.74) is 0.822. The average molecular weight is 381 g/mol. The molecule has 0 bridgehead atoms. The van der Waals surface area contributed by atoms with E-state index in [2.05, 4.69) is 15.5 Å². The van der Waals surface area contributed by atoms with Crippen LogP contribution in [0.4, 0.5) is 9.93 Å². The minimum atomic E-state index is -0.872. The number of rotatable bonds is 3. The number of hydrogen-bond acceptors (Lipinski definition) is 5. The highest BCUT2D eigenvalue weighted by molar-refractivity contribution is 7.18. The van der Waals surface area contributed by atoms with Crippen molar-refractivity contribution in [3.05, 3.63) is 29.3 Å². The van der Waals surface area contributed by atoms with E-state index in [0.29, 0.717) is 28.1 Å². The normalized spacial score (nSPS) is 20.3. The molecule has 1 aromatic heterocycles. The Morgan fingerprint density at radius 1 is 1.36 bits per heavy atom. The zero-order chi connectivity index (χ0) is 18.0. The number of likely N-dealkylation sites (tertiary alicyclic amines) is 1. The molecule has 0 aliphatic carbocycles. The first-order chi connectivity index (χ1) is 11.9. The monoisotopic (exact) mass is 380 g/mol. The number of hydrogen-bond donors (Lipinski definition) is 2. The highest BCUT2D eigenvalue weighted by atomic mass is 35.5. The Hall–Kier alpha value is -2.19. The fraction of sp³-hybridized carbons (Fsp3) is 0.375. The number of carbonyl (C=O) groups excluding carboxylic acids is 1. The maximum atomic E-state index is 12.4. The summed E-state index contributed by atoms with van der Waals surface area (Å²) in [5, 5.41) is 21.6. The van der Waals surface area contributed by atoms with Gasteiger partial charge in [0.25, 0.3) is 0 Å². The van der Waals surface area contributed by atoms with Crippen LogP contribution in [-0.2, 0) is 4.79 Å². The fourth-order valence-corrected chi connectivity index (χ4v) is 3.80. The zero-order valence-electron chi connectivity index (χ0n) is 13.5. The van der Waals surface area contributed by atoms with Gasteiger partial charge >= 0.3 is 12.0 Å². The zero-order valence-corrected chi connectivity index (χ0v) is 15.0. The van der Waals surface area contributed by atoms with Crippen LogP contribution in [-0.4, -0.2) is 45.3 Å². The van der Waals surface area contributed by atoms with Crippen LogP contribution in [0.2, 0.25) is 5.02 Å². The van der Waals surface area contributed by atoms with E-state index in [1.165, 1.54) is 16.2 Å². The number of benzene rings is 1. The Bertz CT molecular complexity index is 797. The minimum absolute atomic E-state index is 0.136. The van der Waals surface area contributed by atoms with Crippen LogP contribution >= 0.6 is 22.9 Å². The molecule has 1 fully saturated rings. The molecule has 7 nitrogen and oxygen atoms in total. The van der Waals surface area contributed by atoms with E-state index in [1.54, 1.807) is 12.1 Å². The fourth-order valence-electron chi connectivity index (χ4n) is 2.88. The van der Waals surface area contributed by atoms with Crippen molar-refractivity contribution in [3.8, 4) is 10.6 Å². The Balaban J connectivity index is 1.68. The quantitative estimate of drug-likeness (QED) is 0.850. The largest absolute Gasteiger partial charge is 0.481 e. The molecule has 2 amide bonds. The number of aliphatic carboxylic acids is 1. The van der Waals surface area contributed by atoms with Crippen molar-refractivity contribution in [1.29, 1.82) is 0 Å². The molecule has 0 radical (unpaired) electrons. The number of amides is 2. The van der Waals surface area contributed by atoms with Crippen molar-refractivity contribution in [2.24, 2.45) is 11.8 Å². The van der Waals surface area contributed by atoms with E-state index in [0.717, 1.165) is 5.56 Å². The lowest BCUT2D eigenvalue weighted by Crippen LogP contribution is -2.47. The number of carboxylic acids is 1. The van der Waals surface area contributed by atoms with E-state index in [4.69, 9.17) is 11.6 Å². The Morgan fingerprint density at radius 2 is 2.16 bits per heavy atom. The Kier molecular flexibility index (Phi) is 5.19. The molecule has 2 N–H and O–H groups in total. The first-order valence-corrected chi connectivity index (χ1v) is 9.00. The molecule has 25 heavy (non-hydrogen) atoms. The van der Waals surface area contributed by atoms with E-state index in [1.807, 2.05) is 19.1 Å². The molecule has 1 saturated heterocycles. The summed E-state index contributed by atoms with van der Waals surface area (Å²) in [5.74, 6) is -1.27. The molecule has 1 aromatic carbocycles. The third kappa shape index (κ3) is 4.26. The lowest BCUT2D eigenvalue weighted by molar-refractivity contribution is -0.143. The standard InChI is InChI=1S/C16H17ClN4O3S/c1-9-5-11(14(22)23)8-21(7-9)16(24)18-15-20-19-13(25-15)10-3-2-4-12(17)6-10/h2-4,6,9,11H,5,7-8H2,1H3,(H,22,23)(H,18,20,24). The van der Waals surface area contributed by atoms with Crippen LogP contribution in [0, 0.1) is 11.8 Å². The van der Waals surface area contributed by atoms with Gasteiger partial charge in [-0.2, -0.15) is 0 Å². The molecule has 132 valence electrons. The second-order valence-electron chi connectivity index (χ2n) is 6.13. The highest BCUT2D eigenvalue weighted by Gasteiger charge is 2.32. The van der Waals surface area contributed by atoms with Crippen LogP contribution < -0.4 is 5.32 Å². The SMILES string of the molecule is CC1CC(C(=O)O)CN(C(=O)Nc2nnc(-c3cccc(Cl)c3)s2)C1. The van der Waals surface area contributed by atoms with Gasteiger partial charge in [0.15, 0.2) is 0 Å². The van der Waals surface area contributed by atoms with Crippen LogP contribution in [0.3, 0.4) is 0 Å². The molecule has 1 aliphatic rings. The van der Waals surface area contributed by atoms with Gasteiger partial charge in [-0.25, -0.2) is 4.79 Å². The van der Waals surface area contributed by atoms with E-state index >= 15 is 0 Å². The Morgan fingerprint density at radius 3 is 2.88 bits per heavy atom. The number of anilines is 1. The summed E-state index contributed by atoms with van der Waals surface area (Å²) >= 11 is 7.21. The van der Waals surface area contributed by atoms with Gasteiger partial charge in [0, 0.05) is 23.7 Å². The van der Waals surface area contributed by atoms with Crippen LogP contribution in [0.1, 0.15) is 13.3 Å². The van der Waals surface area contributed by atoms with Crippen LogP contribution in [0.15, 0.2) is 24.3 Å². The van der Waals surface area contributed by atoms with E-state index < -0.39 is 11.9 Å². The smallest absolute Gasteiger partial charge is 0.323 e. The van der Waals surface area contributed by atoms with Crippen molar-refractivity contribution < 1.29 is 14.7 Å². The summed E-state index contributed by atoms with van der Waals surface area (Å²) in [7, 11) is 0. The molecular formula is C16H17ClN4O3S. The number of piperidine rings is 1. The molecule has 0 spiro atoms. The molecule has 2 heterocycles.